The van der Waals surface area contributed by atoms with Crippen LogP contribution in [0.5, 0.6) is 0 Å². The van der Waals surface area contributed by atoms with Crippen LogP contribution in [-0.2, 0) is 9.59 Å². The van der Waals surface area contributed by atoms with Crippen molar-refractivity contribution in [3.05, 3.63) is 22.4 Å². The summed E-state index contributed by atoms with van der Waals surface area (Å²) >= 11 is 1.46. The van der Waals surface area contributed by atoms with Gasteiger partial charge in [0.05, 0.1) is 0 Å². The second kappa shape index (κ2) is 6.36. The standard InChI is InChI=1S/C11H16N2O3S/c1-7(13-8(2)14)5-12-10(11(15)16)9-3-4-17-6-9/h3-4,6-7,10,12H,5H2,1-2H3,(H,13,14)(H,15,16). The molecule has 1 heterocycles. The average molecular weight is 256 g/mol. The Morgan fingerprint density at radius 3 is 2.71 bits per heavy atom. The van der Waals surface area contributed by atoms with Crippen LogP contribution in [0.1, 0.15) is 25.5 Å². The number of aliphatic carboxylic acids is 1. The summed E-state index contributed by atoms with van der Waals surface area (Å²) in [5, 5.41) is 18.3. The van der Waals surface area contributed by atoms with Gasteiger partial charge >= 0.3 is 5.97 Å². The van der Waals surface area contributed by atoms with Gasteiger partial charge in [-0.15, -0.1) is 0 Å². The lowest BCUT2D eigenvalue weighted by Gasteiger charge is -2.17. The smallest absolute Gasteiger partial charge is 0.325 e. The van der Waals surface area contributed by atoms with E-state index in [4.69, 9.17) is 5.11 Å². The Bertz CT molecular complexity index is 378. The zero-order valence-electron chi connectivity index (χ0n) is 9.77. The fourth-order valence-electron chi connectivity index (χ4n) is 1.48. The molecule has 0 radical (unpaired) electrons. The molecule has 2 atom stereocenters. The Kier molecular flexibility index (Phi) is 5.11. The van der Waals surface area contributed by atoms with Gasteiger partial charge in [-0.05, 0) is 29.3 Å². The molecule has 1 amide bonds. The maximum absolute atomic E-state index is 11.1. The minimum atomic E-state index is -0.918. The molecule has 2 unspecified atom stereocenters. The lowest BCUT2D eigenvalue weighted by atomic mass is 10.1. The predicted octanol–water partition coefficient (Wildman–Crippen LogP) is 0.988. The molecule has 0 fully saturated rings. The first-order valence-corrected chi connectivity index (χ1v) is 6.20. The molecule has 3 N–H and O–H groups in total. The average Bonchev–Trinajstić information content (AvgIpc) is 2.69. The summed E-state index contributed by atoms with van der Waals surface area (Å²) in [6.07, 6.45) is 0. The molecule has 6 heteroatoms. The molecule has 1 aromatic heterocycles. The number of carboxylic acids is 1. The first kappa shape index (κ1) is 13.7. The monoisotopic (exact) mass is 256 g/mol. The first-order chi connectivity index (χ1) is 8.00. The second-order valence-electron chi connectivity index (χ2n) is 3.84. The molecule has 0 saturated heterocycles. The first-order valence-electron chi connectivity index (χ1n) is 5.26. The van der Waals surface area contributed by atoms with Gasteiger partial charge in [0.15, 0.2) is 0 Å². The number of carbonyl (C=O) groups excluding carboxylic acids is 1. The Balaban J connectivity index is 2.52. The van der Waals surface area contributed by atoms with Crippen molar-refractivity contribution < 1.29 is 14.7 Å². The minimum absolute atomic E-state index is 0.104. The van der Waals surface area contributed by atoms with Crippen LogP contribution in [0.25, 0.3) is 0 Å². The molecular formula is C11H16N2O3S. The molecule has 0 aliphatic carbocycles. The number of nitrogens with one attached hydrogen (secondary N) is 2. The predicted molar refractivity (Wildman–Crippen MR) is 66.0 cm³/mol. The molecule has 0 aliphatic rings. The van der Waals surface area contributed by atoms with Crippen LogP contribution in [-0.4, -0.2) is 29.6 Å². The topological polar surface area (TPSA) is 78.4 Å². The van der Waals surface area contributed by atoms with Crippen molar-refractivity contribution in [2.45, 2.75) is 25.9 Å². The Hall–Kier alpha value is -1.40. The second-order valence-corrected chi connectivity index (χ2v) is 4.62. The van der Waals surface area contributed by atoms with Crippen molar-refractivity contribution in [2.75, 3.05) is 6.54 Å². The van der Waals surface area contributed by atoms with Crippen LogP contribution in [0.4, 0.5) is 0 Å². The quantitative estimate of drug-likeness (QED) is 0.709. The van der Waals surface area contributed by atoms with Crippen LogP contribution in [0.3, 0.4) is 0 Å². The normalized spacial score (nSPS) is 14.0. The van der Waals surface area contributed by atoms with Crippen molar-refractivity contribution in [2.24, 2.45) is 0 Å². The van der Waals surface area contributed by atoms with Crippen LogP contribution >= 0.6 is 11.3 Å². The molecule has 1 rings (SSSR count). The summed E-state index contributed by atoms with van der Waals surface area (Å²) in [6, 6.07) is 0.949. The fourth-order valence-corrected chi connectivity index (χ4v) is 2.17. The molecule has 0 aliphatic heterocycles. The number of thiophene rings is 1. The molecule has 0 saturated carbocycles. The minimum Gasteiger partial charge on any atom is -0.480 e. The van der Waals surface area contributed by atoms with Crippen LogP contribution in [0.2, 0.25) is 0 Å². The van der Waals surface area contributed by atoms with Crippen LogP contribution < -0.4 is 10.6 Å². The van der Waals surface area contributed by atoms with Gasteiger partial charge in [-0.3, -0.25) is 14.9 Å². The summed E-state index contributed by atoms with van der Waals surface area (Å²) in [4.78, 5) is 21.9. The van der Waals surface area contributed by atoms with Gasteiger partial charge in [-0.2, -0.15) is 11.3 Å². The molecule has 94 valence electrons. The third-order valence-corrected chi connectivity index (χ3v) is 2.90. The number of carbonyl (C=O) groups is 2. The largest absolute Gasteiger partial charge is 0.480 e. The van der Waals surface area contributed by atoms with E-state index >= 15 is 0 Å². The summed E-state index contributed by atoms with van der Waals surface area (Å²) < 4.78 is 0. The Morgan fingerprint density at radius 2 is 2.24 bits per heavy atom. The molecule has 0 spiro atoms. The molecular weight excluding hydrogens is 240 g/mol. The number of rotatable bonds is 6. The van der Waals surface area contributed by atoms with Crippen molar-refractivity contribution in [1.29, 1.82) is 0 Å². The van der Waals surface area contributed by atoms with Gasteiger partial charge in [0, 0.05) is 19.5 Å². The van der Waals surface area contributed by atoms with E-state index in [0.717, 1.165) is 5.56 Å². The summed E-state index contributed by atoms with van der Waals surface area (Å²) in [7, 11) is 0. The van der Waals surface area contributed by atoms with E-state index in [1.807, 2.05) is 12.3 Å². The lowest BCUT2D eigenvalue weighted by molar-refractivity contribution is -0.139. The van der Waals surface area contributed by atoms with Crippen LogP contribution in [0, 0.1) is 0 Å². The van der Waals surface area contributed by atoms with Crippen molar-refractivity contribution in [1.82, 2.24) is 10.6 Å². The highest BCUT2D eigenvalue weighted by atomic mass is 32.1. The summed E-state index contributed by atoms with van der Waals surface area (Å²) in [6.45, 7) is 3.66. The van der Waals surface area contributed by atoms with E-state index < -0.39 is 12.0 Å². The highest BCUT2D eigenvalue weighted by molar-refractivity contribution is 7.08. The third kappa shape index (κ3) is 4.54. The van der Waals surface area contributed by atoms with E-state index in [1.54, 1.807) is 11.4 Å². The number of amides is 1. The summed E-state index contributed by atoms with van der Waals surface area (Å²) in [5.41, 5.74) is 0.734. The van der Waals surface area contributed by atoms with Crippen LogP contribution in [0.15, 0.2) is 16.8 Å². The van der Waals surface area contributed by atoms with Crippen molar-refractivity contribution in [3.63, 3.8) is 0 Å². The maximum Gasteiger partial charge on any atom is 0.325 e. The molecule has 1 aromatic rings. The van der Waals surface area contributed by atoms with E-state index in [1.165, 1.54) is 18.3 Å². The number of hydrogen-bond donors (Lipinski definition) is 3. The zero-order chi connectivity index (χ0) is 12.8. The van der Waals surface area contributed by atoms with Gasteiger partial charge in [-0.25, -0.2) is 0 Å². The van der Waals surface area contributed by atoms with Gasteiger partial charge < -0.3 is 10.4 Å². The Labute approximate surface area is 104 Å². The van der Waals surface area contributed by atoms with E-state index in [-0.39, 0.29) is 11.9 Å². The molecule has 0 aromatic carbocycles. The van der Waals surface area contributed by atoms with Gasteiger partial charge in [0.25, 0.3) is 0 Å². The van der Waals surface area contributed by atoms with E-state index in [0.29, 0.717) is 6.54 Å². The lowest BCUT2D eigenvalue weighted by Crippen LogP contribution is -2.41. The maximum atomic E-state index is 11.1. The highest BCUT2D eigenvalue weighted by Crippen LogP contribution is 2.16. The molecule has 5 nitrogen and oxygen atoms in total. The summed E-state index contributed by atoms with van der Waals surface area (Å²) in [5.74, 6) is -1.04. The number of carboxylic acid groups (broad SMARTS) is 1. The number of hydrogen-bond acceptors (Lipinski definition) is 4. The highest BCUT2D eigenvalue weighted by Gasteiger charge is 2.20. The van der Waals surface area contributed by atoms with E-state index in [2.05, 4.69) is 10.6 Å². The zero-order valence-corrected chi connectivity index (χ0v) is 10.6. The van der Waals surface area contributed by atoms with Gasteiger partial charge in [0.1, 0.15) is 6.04 Å². The third-order valence-electron chi connectivity index (χ3n) is 2.20. The van der Waals surface area contributed by atoms with Gasteiger partial charge in [-0.1, -0.05) is 0 Å². The fraction of sp³-hybridized carbons (Fsp3) is 0.455. The van der Waals surface area contributed by atoms with Crippen molar-refractivity contribution >= 4 is 23.2 Å². The SMILES string of the molecule is CC(=O)NC(C)CNC(C(=O)O)c1ccsc1. The Morgan fingerprint density at radius 1 is 1.53 bits per heavy atom. The molecule has 17 heavy (non-hydrogen) atoms. The van der Waals surface area contributed by atoms with Gasteiger partial charge in [0.2, 0.25) is 5.91 Å². The molecule has 0 bridgehead atoms. The van der Waals surface area contributed by atoms with Crippen molar-refractivity contribution in [3.8, 4) is 0 Å². The van der Waals surface area contributed by atoms with E-state index in [9.17, 15) is 9.59 Å².